The van der Waals surface area contributed by atoms with Crippen molar-refractivity contribution >= 4 is 44.6 Å². The van der Waals surface area contributed by atoms with E-state index in [1.54, 1.807) is 0 Å². The predicted molar refractivity (Wildman–Crippen MR) is 137 cm³/mol. The molecule has 0 aliphatic carbocycles. The largest absolute Gasteiger partial charge is 1.00 e. The summed E-state index contributed by atoms with van der Waals surface area (Å²) in [7, 11) is 10.1. The fourth-order valence-electron chi connectivity index (χ4n) is 4.08. The zero-order valence-corrected chi connectivity index (χ0v) is 23.2. The van der Waals surface area contributed by atoms with E-state index in [1.807, 2.05) is 49.3 Å². The Morgan fingerprint density at radius 2 is 1.71 bits per heavy atom. The molecule has 0 saturated carbocycles. The third-order valence-corrected chi connectivity index (χ3v) is 5.84. The Kier molecular flexibility index (Phi) is 9.15. The van der Waals surface area contributed by atoms with Gasteiger partial charge in [0.05, 0.1) is 16.5 Å². The summed E-state index contributed by atoms with van der Waals surface area (Å²) >= 11 is 0. The lowest BCUT2D eigenvalue weighted by atomic mass is 10.1. The summed E-state index contributed by atoms with van der Waals surface area (Å²) in [6, 6.07) is 14.0. The van der Waals surface area contributed by atoms with Gasteiger partial charge in [0, 0.05) is 32.2 Å². The van der Waals surface area contributed by atoms with Crippen LogP contribution in [0, 0.1) is 0 Å². The highest BCUT2D eigenvalue weighted by atomic mass is 127. The minimum absolute atomic E-state index is 0. The van der Waals surface area contributed by atoms with E-state index >= 15 is 0 Å². The number of benzene rings is 2. The lowest BCUT2D eigenvalue weighted by molar-refractivity contribution is -0.616. The van der Waals surface area contributed by atoms with Gasteiger partial charge in [-0.05, 0) is 52.5 Å². The Balaban J connectivity index is 0.00000342. The lowest BCUT2D eigenvalue weighted by Gasteiger charge is -2.13. The number of aryl methyl sites for hydroxylation is 1. The van der Waals surface area contributed by atoms with Crippen molar-refractivity contribution in [2.75, 3.05) is 66.3 Å². The quantitative estimate of drug-likeness (QED) is 0.193. The molecule has 2 N–H and O–H groups in total. The topological polar surface area (TPSA) is 73.9 Å². The summed E-state index contributed by atoms with van der Waals surface area (Å²) in [4.78, 5) is 16.3. The van der Waals surface area contributed by atoms with E-state index in [9.17, 15) is 4.79 Å². The highest BCUT2D eigenvalue weighted by Crippen LogP contribution is 2.37. The SMILES string of the molecule is CN(C)CCNC(=O)COc1ccc2oc3c(NCCN(C)C)c4ccccc4[n+](C)c3c2c1.[I-]. The van der Waals surface area contributed by atoms with Crippen molar-refractivity contribution in [3.8, 4) is 5.75 Å². The summed E-state index contributed by atoms with van der Waals surface area (Å²) in [5.41, 5.74) is 4.68. The van der Waals surface area contributed by atoms with Crippen molar-refractivity contribution in [1.29, 1.82) is 0 Å². The van der Waals surface area contributed by atoms with Crippen LogP contribution in [0.15, 0.2) is 46.9 Å². The molecular formula is C26H34IN5O3. The van der Waals surface area contributed by atoms with E-state index in [1.165, 1.54) is 0 Å². The third kappa shape index (κ3) is 6.14. The molecular weight excluding hydrogens is 557 g/mol. The number of fused-ring (bicyclic) bond motifs is 4. The number of hydrogen-bond donors (Lipinski definition) is 2. The van der Waals surface area contributed by atoms with Gasteiger partial charge in [-0.25, -0.2) is 0 Å². The molecule has 0 unspecified atom stereocenters. The van der Waals surface area contributed by atoms with Crippen molar-refractivity contribution in [2.24, 2.45) is 7.05 Å². The van der Waals surface area contributed by atoms with Crippen LogP contribution in [0.4, 0.5) is 5.69 Å². The van der Waals surface area contributed by atoms with Crippen molar-refractivity contribution in [3.63, 3.8) is 0 Å². The van der Waals surface area contributed by atoms with Gasteiger partial charge in [0.2, 0.25) is 11.1 Å². The van der Waals surface area contributed by atoms with Crippen LogP contribution < -0.4 is 43.9 Å². The molecule has 0 spiro atoms. The summed E-state index contributed by atoms with van der Waals surface area (Å²) in [6.07, 6.45) is 0. The number of carbonyl (C=O) groups excluding carboxylic acids is 1. The van der Waals surface area contributed by atoms with Gasteiger partial charge in [0.1, 0.15) is 18.4 Å². The standard InChI is InChI=1S/C26H33N5O3.HI/c1-29(2)14-12-27-23(32)17-33-18-10-11-22-20(16-18)25-26(34-22)24(28-13-15-30(3)4)19-8-6-7-9-21(19)31(25)5;/h6-11,16H,12-15,17H2,1-5H3,(H,27,32);1H. The minimum atomic E-state index is -0.136. The molecule has 0 aliphatic rings. The van der Waals surface area contributed by atoms with Gasteiger partial charge in [-0.15, -0.1) is 0 Å². The van der Waals surface area contributed by atoms with Crippen molar-refractivity contribution in [3.05, 3.63) is 42.5 Å². The summed E-state index contributed by atoms with van der Waals surface area (Å²) in [5, 5.41) is 8.53. The molecule has 0 fully saturated rings. The normalized spacial score (nSPS) is 11.4. The Morgan fingerprint density at radius 1 is 1.00 bits per heavy atom. The molecule has 2 aromatic carbocycles. The number of nitrogens with zero attached hydrogens (tertiary/aromatic N) is 3. The van der Waals surface area contributed by atoms with E-state index in [-0.39, 0.29) is 36.5 Å². The van der Waals surface area contributed by atoms with E-state index < -0.39 is 0 Å². The van der Waals surface area contributed by atoms with Crippen LogP contribution in [0.3, 0.4) is 0 Å². The maximum atomic E-state index is 12.1. The van der Waals surface area contributed by atoms with Crippen LogP contribution in [0.5, 0.6) is 5.75 Å². The van der Waals surface area contributed by atoms with Gasteiger partial charge in [-0.2, -0.15) is 4.57 Å². The number of amides is 1. The minimum Gasteiger partial charge on any atom is -1.00 e. The van der Waals surface area contributed by atoms with E-state index in [4.69, 9.17) is 9.15 Å². The summed E-state index contributed by atoms with van der Waals surface area (Å²) in [6.45, 7) is 3.06. The van der Waals surface area contributed by atoms with E-state index in [0.29, 0.717) is 12.3 Å². The first-order chi connectivity index (χ1) is 16.3. The maximum Gasteiger partial charge on any atom is 0.261 e. The molecule has 0 aliphatic heterocycles. The number of furan rings is 1. The molecule has 2 heterocycles. The second-order valence-electron chi connectivity index (χ2n) is 9.06. The number of hydrogen-bond acceptors (Lipinski definition) is 6. The van der Waals surface area contributed by atoms with E-state index in [2.05, 4.69) is 53.4 Å². The molecule has 0 atom stereocenters. The first-order valence-electron chi connectivity index (χ1n) is 11.5. The van der Waals surface area contributed by atoms with Gasteiger partial charge in [0.25, 0.3) is 11.4 Å². The van der Waals surface area contributed by atoms with Gasteiger partial charge in [0.15, 0.2) is 6.61 Å². The third-order valence-electron chi connectivity index (χ3n) is 5.84. The number of likely N-dealkylation sites (N-methyl/N-ethyl adjacent to an activating group) is 2. The van der Waals surface area contributed by atoms with E-state index in [0.717, 1.165) is 58.3 Å². The highest BCUT2D eigenvalue weighted by molar-refractivity contribution is 6.11. The number of aromatic nitrogens is 1. The van der Waals surface area contributed by atoms with Gasteiger partial charge < -0.3 is 53.6 Å². The average Bonchev–Trinajstić information content (AvgIpc) is 3.18. The average molecular weight is 591 g/mol. The molecule has 2 aromatic heterocycles. The number of rotatable bonds is 10. The second kappa shape index (κ2) is 11.9. The van der Waals surface area contributed by atoms with Crippen LogP contribution >= 0.6 is 0 Å². The van der Waals surface area contributed by atoms with Gasteiger partial charge >= 0.3 is 0 Å². The Morgan fingerprint density at radius 3 is 2.46 bits per heavy atom. The molecule has 4 rings (SSSR count). The number of anilines is 1. The zero-order chi connectivity index (χ0) is 24.2. The molecule has 4 aromatic rings. The number of pyridine rings is 1. The number of nitrogens with one attached hydrogen (secondary N) is 2. The maximum absolute atomic E-state index is 12.1. The Labute approximate surface area is 223 Å². The van der Waals surface area contributed by atoms with Crippen molar-refractivity contribution < 1.29 is 42.5 Å². The van der Waals surface area contributed by atoms with Crippen LogP contribution in [0.1, 0.15) is 0 Å². The number of ether oxygens (including phenoxy) is 1. The monoisotopic (exact) mass is 591 g/mol. The first-order valence-corrected chi connectivity index (χ1v) is 11.5. The molecule has 35 heavy (non-hydrogen) atoms. The summed E-state index contributed by atoms with van der Waals surface area (Å²) < 4.78 is 14.3. The van der Waals surface area contributed by atoms with Crippen molar-refractivity contribution in [2.45, 2.75) is 0 Å². The lowest BCUT2D eigenvalue weighted by Crippen LogP contribution is -3.00. The van der Waals surface area contributed by atoms with Crippen LogP contribution in [0.25, 0.3) is 33.0 Å². The number of carbonyl (C=O) groups is 1. The molecule has 1 amide bonds. The Bertz CT molecular complexity index is 1320. The fourth-order valence-corrected chi connectivity index (χ4v) is 4.08. The van der Waals surface area contributed by atoms with Crippen molar-refractivity contribution in [1.82, 2.24) is 15.1 Å². The van der Waals surface area contributed by atoms with Crippen LogP contribution in [0.2, 0.25) is 0 Å². The number of para-hydroxylation sites is 1. The zero-order valence-electron chi connectivity index (χ0n) is 21.0. The fraction of sp³-hybridized carbons (Fsp3) is 0.385. The highest BCUT2D eigenvalue weighted by Gasteiger charge is 2.24. The second-order valence-corrected chi connectivity index (χ2v) is 9.06. The van der Waals surface area contributed by atoms with Crippen LogP contribution in [-0.2, 0) is 11.8 Å². The molecule has 0 saturated heterocycles. The Hall–Kier alpha value is -2.63. The molecule has 0 bridgehead atoms. The van der Waals surface area contributed by atoms with Gasteiger partial charge in [-0.1, -0.05) is 12.1 Å². The smallest absolute Gasteiger partial charge is 0.261 e. The first kappa shape index (κ1) is 27.0. The molecule has 0 radical (unpaired) electrons. The molecule has 188 valence electrons. The molecule has 8 nitrogen and oxygen atoms in total. The number of halogens is 1. The predicted octanol–water partition coefficient (Wildman–Crippen LogP) is -0.402. The summed E-state index contributed by atoms with van der Waals surface area (Å²) in [5.74, 6) is 0.496. The van der Waals surface area contributed by atoms with Crippen LogP contribution in [-0.4, -0.2) is 76.7 Å². The van der Waals surface area contributed by atoms with Gasteiger partial charge in [-0.3, -0.25) is 4.79 Å². The molecule has 9 heteroatoms.